The summed E-state index contributed by atoms with van der Waals surface area (Å²) < 4.78 is 51.5. The molecule has 1 fully saturated rings. The molecule has 0 spiro atoms. The van der Waals surface area contributed by atoms with Gasteiger partial charge in [-0.3, -0.25) is 9.63 Å². The van der Waals surface area contributed by atoms with Gasteiger partial charge in [0.1, 0.15) is 0 Å². The molecule has 0 bridgehead atoms. The minimum Gasteiger partial charge on any atom is -0.352 e. The summed E-state index contributed by atoms with van der Waals surface area (Å²) in [6.07, 6.45) is 3.15. The van der Waals surface area contributed by atoms with Crippen LogP contribution in [0.3, 0.4) is 0 Å². The van der Waals surface area contributed by atoms with Crippen molar-refractivity contribution in [3.8, 4) is 0 Å². The number of carbonyl (C=O) groups is 1. The molecule has 3 rings (SSSR count). The minimum absolute atomic E-state index is 0.0988. The number of aryl methyl sites for hydroxylation is 1. The van der Waals surface area contributed by atoms with Crippen molar-refractivity contribution in [2.24, 2.45) is 5.92 Å². The Bertz CT molecular complexity index is 1020. The summed E-state index contributed by atoms with van der Waals surface area (Å²) in [4.78, 5) is 17.6. The third-order valence-corrected chi connectivity index (χ3v) is 5.52. The first-order chi connectivity index (χ1) is 13.2. The minimum atomic E-state index is -3.41. The molecule has 1 amide bonds. The van der Waals surface area contributed by atoms with E-state index in [2.05, 4.69) is 10.8 Å². The molecular formula is C19H20F2N2O4S. The molecule has 0 atom stereocenters. The number of hydroxylamine groups is 1. The Labute approximate surface area is 161 Å². The predicted octanol–water partition coefficient (Wildman–Crippen LogP) is 3.49. The third kappa shape index (κ3) is 4.66. The number of hydrogen-bond donors (Lipinski definition) is 2. The van der Waals surface area contributed by atoms with Crippen molar-refractivity contribution in [2.75, 3.05) is 18.2 Å². The average Bonchev–Trinajstić information content (AvgIpc) is 3.44. The molecule has 6 nitrogen and oxygen atoms in total. The summed E-state index contributed by atoms with van der Waals surface area (Å²) in [6, 6.07) is 6.20. The SMILES string of the molecule is Cc1cc(S(C)(=O)=O)ccc1Nc1c(C(=O)NOCC2CC2)ccc(F)c1F. The Morgan fingerprint density at radius 1 is 1.21 bits per heavy atom. The summed E-state index contributed by atoms with van der Waals surface area (Å²) in [5.41, 5.74) is 2.57. The zero-order valence-corrected chi connectivity index (χ0v) is 16.2. The molecule has 2 aromatic rings. The monoisotopic (exact) mass is 410 g/mol. The Kier molecular flexibility index (Phi) is 5.66. The molecule has 1 aliphatic carbocycles. The fraction of sp³-hybridized carbons (Fsp3) is 0.316. The summed E-state index contributed by atoms with van der Waals surface area (Å²) in [6.45, 7) is 1.98. The Morgan fingerprint density at radius 3 is 2.54 bits per heavy atom. The van der Waals surface area contributed by atoms with Gasteiger partial charge >= 0.3 is 0 Å². The van der Waals surface area contributed by atoms with Crippen molar-refractivity contribution in [1.82, 2.24) is 5.48 Å². The van der Waals surface area contributed by atoms with E-state index in [1.807, 2.05) is 0 Å². The van der Waals surface area contributed by atoms with Crippen LogP contribution in [0.25, 0.3) is 0 Å². The molecule has 1 aliphatic rings. The van der Waals surface area contributed by atoms with E-state index in [9.17, 15) is 22.0 Å². The van der Waals surface area contributed by atoms with Gasteiger partial charge in [0.2, 0.25) is 0 Å². The molecule has 0 aromatic heterocycles. The topological polar surface area (TPSA) is 84.5 Å². The number of benzene rings is 2. The van der Waals surface area contributed by atoms with E-state index < -0.39 is 27.4 Å². The first kappa shape index (κ1) is 20.2. The highest BCUT2D eigenvalue weighted by Crippen LogP contribution is 2.30. The largest absolute Gasteiger partial charge is 0.352 e. The smallest absolute Gasteiger partial charge is 0.277 e. The number of carbonyl (C=O) groups excluding carboxylic acids is 1. The van der Waals surface area contributed by atoms with Gasteiger partial charge in [-0.1, -0.05) is 0 Å². The zero-order chi connectivity index (χ0) is 20.5. The first-order valence-electron chi connectivity index (χ1n) is 8.64. The van der Waals surface area contributed by atoms with Gasteiger partial charge in [0.25, 0.3) is 5.91 Å². The number of anilines is 2. The zero-order valence-electron chi connectivity index (χ0n) is 15.4. The van der Waals surface area contributed by atoms with Gasteiger partial charge in [-0.25, -0.2) is 22.7 Å². The molecule has 0 unspecified atom stereocenters. The third-order valence-electron chi connectivity index (χ3n) is 4.41. The number of rotatable bonds is 7. The van der Waals surface area contributed by atoms with Crippen LogP contribution in [0.4, 0.5) is 20.2 Å². The van der Waals surface area contributed by atoms with E-state index in [0.717, 1.165) is 31.2 Å². The number of amides is 1. The van der Waals surface area contributed by atoms with Crippen molar-refractivity contribution in [1.29, 1.82) is 0 Å². The van der Waals surface area contributed by atoms with Crippen LogP contribution in [0.5, 0.6) is 0 Å². The molecule has 0 heterocycles. The van der Waals surface area contributed by atoms with Gasteiger partial charge in [-0.15, -0.1) is 0 Å². The average molecular weight is 410 g/mol. The maximum absolute atomic E-state index is 14.4. The predicted molar refractivity (Wildman–Crippen MR) is 100 cm³/mol. The molecule has 0 aliphatic heterocycles. The lowest BCUT2D eigenvalue weighted by molar-refractivity contribution is 0.0270. The van der Waals surface area contributed by atoms with Crippen molar-refractivity contribution in [3.05, 3.63) is 53.1 Å². The van der Waals surface area contributed by atoms with Gasteiger partial charge in [0.05, 0.1) is 22.8 Å². The van der Waals surface area contributed by atoms with E-state index in [0.29, 0.717) is 23.8 Å². The molecular weight excluding hydrogens is 390 g/mol. The molecule has 0 radical (unpaired) electrons. The second-order valence-electron chi connectivity index (χ2n) is 6.84. The van der Waals surface area contributed by atoms with Gasteiger partial charge in [-0.2, -0.15) is 0 Å². The van der Waals surface area contributed by atoms with Crippen molar-refractivity contribution in [2.45, 2.75) is 24.7 Å². The second-order valence-corrected chi connectivity index (χ2v) is 8.86. The maximum Gasteiger partial charge on any atom is 0.277 e. The van der Waals surface area contributed by atoms with E-state index in [4.69, 9.17) is 4.84 Å². The molecule has 9 heteroatoms. The Morgan fingerprint density at radius 2 is 1.93 bits per heavy atom. The van der Waals surface area contributed by atoms with E-state index in [1.165, 1.54) is 18.2 Å². The van der Waals surface area contributed by atoms with E-state index in [1.54, 1.807) is 6.92 Å². The fourth-order valence-corrected chi connectivity index (χ4v) is 3.27. The molecule has 28 heavy (non-hydrogen) atoms. The standard InChI is InChI=1S/C19H20F2N2O4S/c1-11-9-13(28(2,25)26)5-8-16(11)22-18-14(6-7-15(20)17(18)21)19(24)23-27-10-12-3-4-12/h5-9,12,22H,3-4,10H2,1-2H3,(H,23,24). The fourth-order valence-electron chi connectivity index (χ4n) is 2.57. The highest BCUT2D eigenvalue weighted by atomic mass is 32.2. The summed E-state index contributed by atoms with van der Waals surface area (Å²) in [5.74, 6) is -2.64. The summed E-state index contributed by atoms with van der Waals surface area (Å²) in [7, 11) is -3.41. The van der Waals surface area contributed by atoms with Crippen LogP contribution in [0.15, 0.2) is 35.2 Å². The first-order valence-corrected chi connectivity index (χ1v) is 10.5. The van der Waals surface area contributed by atoms with Crippen molar-refractivity contribution >= 4 is 27.1 Å². The van der Waals surface area contributed by atoms with Crippen molar-refractivity contribution in [3.63, 3.8) is 0 Å². The van der Waals surface area contributed by atoms with Crippen LogP contribution in [0, 0.1) is 24.5 Å². The lowest BCUT2D eigenvalue weighted by atomic mass is 10.1. The number of sulfone groups is 1. The summed E-state index contributed by atoms with van der Waals surface area (Å²) >= 11 is 0. The number of nitrogens with one attached hydrogen (secondary N) is 2. The molecule has 150 valence electrons. The normalized spacial score (nSPS) is 14.0. The van der Waals surface area contributed by atoms with E-state index in [-0.39, 0.29) is 16.1 Å². The van der Waals surface area contributed by atoms with Crippen LogP contribution in [-0.2, 0) is 14.7 Å². The molecule has 1 saturated carbocycles. The highest BCUT2D eigenvalue weighted by molar-refractivity contribution is 7.90. The van der Waals surface area contributed by atoms with E-state index >= 15 is 0 Å². The lowest BCUT2D eigenvalue weighted by Gasteiger charge is -2.15. The van der Waals surface area contributed by atoms with Crippen LogP contribution < -0.4 is 10.8 Å². The van der Waals surface area contributed by atoms with Crippen molar-refractivity contribution < 1.29 is 26.8 Å². The maximum atomic E-state index is 14.4. The lowest BCUT2D eigenvalue weighted by Crippen LogP contribution is -2.26. The Balaban J connectivity index is 1.88. The number of hydrogen-bond acceptors (Lipinski definition) is 5. The highest BCUT2D eigenvalue weighted by Gasteiger charge is 2.23. The van der Waals surface area contributed by atoms with Gasteiger partial charge in [0.15, 0.2) is 21.5 Å². The Hall–Kier alpha value is -2.52. The number of halogens is 2. The van der Waals surface area contributed by atoms with Crippen LogP contribution >= 0.6 is 0 Å². The molecule has 2 N–H and O–H groups in total. The summed E-state index contributed by atoms with van der Waals surface area (Å²) in [5, 5.41) is 2.69. The second kappa shape index (κ2) is 7.84. The van der Waals surface area contributed by atoms with Crippen LogP contribution in [0.1, 0.15) is 28.8 Å². The molecule has 0 saturated heterocycles. The van der Waals surface area contributed by atoms with Crippen LogP contribution in [0.2, 0.25) is 0 Å². The molecule has 2 aromatic carbocycles. The quantitative estimate of drug-likeness (QED) is 0.683. The van der Waals surface area contributed by atoms with Crippen LogP contribution in [-0.4, -0.2) is 27.2 Å². The van der Waals surface area contributed by atoms with Gasteiger partial charge in [0, 0.05) is 11.9 Å². The van der Waals surface area contributed by atoms with Gasteiger partial charge in [-0.05, 0) is 61.6 Å². The van der Waals surface area contributed by atoms with Gasteiger partial charge < -0.3 is 5.32 Å².